The Hall–Kier alpha value is -3.12. The number of hydrogen-bond acceptors (Lipinski definition) is 4. The van der Waals surface area contributed by atoms with E-state index in [-0.39, 0.29) is 31.5 Å². The first-order valence-corrected chi connectivity index (χ1v) is 8.55. The molecular weight excluding hydrogens is 420 g/mol. The van der Waals surface area contributed by atoms with Crippen LogP contribution >= 0.6 is 0 Å². The summed E-state index contributed by atoms with van der Waals surface area (Å²) in [5.41, 5.74) is 5.07. The quantitative estimate of drug-likeness (QED) is 0.575. The summed E-state index contributed by atoms with van der Waals surface area (Å²) in [6.45, 7) is -0.585. The van der Waals surface area contributed by atoms with Crippen LogP contribution in [0.2, 0.25) is 0 Å². The second-order valence-electron chi connectivity index (χ2n) is 6.48. The number of benzene rings is 1. The van der Waals surface area contributed by atoms with Crippen molar-refractivity contribution in [3.05, 3.63) is 53.2 Å². The van der Waals surface area contributed by atoms with Gasteiger partial charge in [-0.15, -0.1) is 10.2 Å². The van der Waals surface area contributed by atoms with Crippen LogP contribution in [-0.4, -0.2) is 38.0 Å². The molecule has 30 heavy (non-hydrogen) atoms. The Bertz CT molecular complexity index is 990. The van der Waals surface area contributed by atoms with Crippen molar-refractivity contribution in [2.24, 2.45) is 5.73 Å². The molecule has 1 aromatic carbocycles. The van der Waals surface area contributed by atoms with Gasteiger partial charge in [0.25, 0.3) is 0 Å². The fraction of sp³-hybridized carbons (Fsp3) is 0.353. The van der Waals surface area contributed by atoms with Gasteiger partial charge in [-0.05, 0) is 24.5 Å². The summed E-state index contributed by atoms with van der Waals surface area (Å²) < 4.78 is 79.5. The van der Waals surface area contributed by atoms with Crippen LogP contribution in [0.4, 0.5) is 26.3 Å². The van der Waals surface area contributed by atoms with E-state index in [4.69, 9.17) is 5.73 Å². The highest BCUT2D eigenvalue weighted by molar-refractivity contribution is 5.87. The maximum Gasteiger partial charge on any atom is 0.451 e. The lowest BCUT2D eigenvalue weighted by Crippen LogP contribution is -2.48. The monoisotopic (exact) mass is 434 g/mol. The normalized spacial score (nSPS) is 16.5. The summed E-state index contributed by atoms with van der Waals surface area (Å²) >= 11 is 0. The van der Waals surface area contributed by atoms with Gasteiger partial charge in [0.2, 0.25) is 17.6 Å². The Morgan fingerprint density at radius 1 is 1.10 bits per heavy atom. The summed E-state index contributed by atoms with van der Waals surface area (Å²) in [6.07, 6.45) is -4.13. The molecule has 7 nitrogen and oxygen atoms in total. The molecule has 0 saturated heterocycles. The second kappa shape index (κ2) is 7.95. The van der Waals surface area contributed by atoms with Gasteiger partial charge in [0.15, 0.2) is 23.5 Å². The van der Waals surface area contributed by atoms with E-state index in [2.05, 4.69) is 10.2 Å². The molecule has 2 amide bonds. The van der Waals surface area contributed by atoms with E-state index in [1.54, 1.807) is 0 Å². The molecule has 161 valence electrons. The van der Waals surface area contributed by atoms with Crippen LogP contribution in [-0.2, 0) is 28.7 Å². The molecule has 1 radical (unpaired) electrons. The van der Waals surface area contributed by atoms with Crippen molar-refractivity contribution in [3.8, 4) is 0 Å². The van der Waals surface area contributed by atoms with Gasteiger partial charge >= 0.3 is 6.18 Å². The SMILES string of the molecule is NC(=O)C1c2nnc(C(F)(F)F)n2CCN1C(=O)C[CH]Cc1cc(F)c(F)cc1F. The summed E-state index contributed by atoms with van der Waals surface area (Å²) in [5, 5.41) is 6.43. The number of fused-ring (bicyclic) bond motifs is 1. The minimum atomic E-state index is -4.80. The second-order valence-corrected chi connectivity index (χ2v) is 6.48. The van der Waals surface area contributed by atoms with Crippen LogP contribution in [0.3, 0.4) is 0 Å². The smallest absolute Gasteiger partial charge is 0.367 e. The molecule has 0 bridgehead atoms. The molecule has 1 aromatic heterocycles. The number of aromatic nitrogens is 3. The molecule has 3 rings (SSSR count). The predicted molar refractivity (Wildman–Crippen MR) is 87.6 cm³/mol. The first-order valence-electron chi connectivity index (χ1n) is 8.55. The molecule has 13 heteroatoms. The molecule has 0 saturated carbocycles. The van der Waals surface area contributed by atoms with Gasteiger partial charge < -0.3 is 15.2 Å². The highest BCUT2D eigenvalue weighted by atomic mass is 19.4. The van der Waals surface area contributed by atoms with Crippen molar-refractivity contribution in [3.63, 3.8) is 0 Å². The third-order valence-corrected chi connectivity index (χ3v) is 4.52. The number of alkyl halides is 3. The molecule has 2 aromatic rings. The summed E-state index contributed by atoms with van der Waals surface area (Å²) in [4.78, 5) is 25.3. The first kappa shape index (κ1) is 21.6. The average molecular weight is 434 g/mol. The topological polar surface area (TPSA) is 94.1 Å². The van der Waals surface area contributed by atoms with E-state index in [0.29, 0.717) is 16.7 Å². The molecule has 0 spiro atoms. The van der Waals surface area contributed by atoms with E-state index in [1.165, 1.54) is 6.42 Å². The number of halogens is 6. The average Bonchev–Trinajstić information content (AvgIpc) is 3.09. The lowest BCUT2D eigenvalue weighted by atomic mass is 10.1. The fourth-order valence-corrected chi connectivity index (χ4v) is 3.16. The fourth-order valence-electron chi connectivity index (χ4n) is 3.16. The molecule has 0 aliphatic carbocycles. The first-order chi connectivity index (χ1) is 14.0. The van der Waals surface area contributed by atoms with Gasteiger partial charge in [-0.3, -0.25) is 9.59 Å². The number of primary amides is 1. The van der Waals surface area contributed by atoms with Crippen LogP contribution < -0.4 is 5.73 Å². The van der Waals surface area contributed by atoms with Gasteiger partial charge in [0.05, 0.1) is 0 Å². The number of hydrogen-bond donors (Lipinski definition) is 1. The molecule has 1 unspecified atom stereocenters. The Kier molecular flexibility index (Phi) is 5.72. The molecule has 1 atom stereocenters. The van der Waals surface area contributed by atoms with Gasteiger partial charge in [-0.1, -0.05) is 0 Å². The Morgan fingerprint density at radius 3 is 2.40 bits per heavy atom. The Morgan fingerprint density at radius 2 is 1.77 bits per heavy atom. The van der Waals surface area contributed by atoms with Gasteiger partial charge in [-0.25, -0.2) is 13.2 Å². The lowest BCUT2D eigenvalue weighted by Gasteiger charge is -2.34. The van der Waals surface area contributed by atoms with Crippen LogP contribution in [0.15, 0.2) is 12.1 Å². The summed E-state index contributed by atoms with van der Waals surface area (Å²) in [7, 11) is 0. The van der Waals surface area contributed by atoms with Gasteiger partial charge in [0, 0.05) is 25.6 Å². The number of carbonyl (C=O) groups excluding carboxylic acids is 2. The number of nitrogens with zero attached hydrogens (tertiary/aromatic N) is 4. The van der Waals surface area contributed by atoms with Crippen molar-refractivity contribution in [1.82, 2.24) is 19.7 Å². The lowest BCUT2D eigenvalue weighted by molar-refractivity contribution is -0.149. The van der Waals surface area contributed by atoms with E-state index in [1.807, 2.05) is 0 Å². The van der Waals surface area contributed by atoms with Crippen LogP contribution in [0.1, 0.15) is 29.7 Å². The molecule has 2 heterocycles. The number of carbonyl (C=O) groups is 2. The molecule has 0 fully saturated rings. The van der Waals surface area contributed by atoms with E-state index >= 15 is 0 Å². The zero-order chi connectivity index (χ0) is 22.2. The molecular formula is C17H14F6N5O2. The number of amides is 2. The van der Waals surface area contributed by atoms with Gasteiger partial charge in [-0.2, -0.15) is 13.2 Å². The molecule has 1 aliphatic heterocycles. The maximum absolute atomic E-state index is 13.6. The largest absolute Gasteiger partial charge is 0.451 e. The maximum atomic E-state index is 13.6. The standard InChI is InChI=1S/C17H14F6N5O2/c18-9-7-11(20)10(19)6-8(9)2-1-3-12(29)27-4-5-28-15(13(27)14(24)30)25-26-16(28)17(21,22)23/h1,6-7,13H,2-5H2,(H2,24,30). The highest BCUT2D eigenvalue weighted by Gasteiger charge is 2.44. The third kappa shape index (κ3) is 4.09. The number of nitrogens with two attached hydrogens (primary N) is 1. The van der Waals surface area contributed by atoms with Crippen LogP contribution in [0.25, 0.3) is 0 Å². The minimum Gasteiger partial charge on any atom is -0.367 e. The third-order valence-electron chi connectivity index (χ3n) is 4.52. The van der Waals surface area contributed by atoms with Crippen molar-refractivity contribution in [2.75, 3.05) is 6.54 Å². The zero-order valence-corrected chi connectivity index (χ0v) is 15.1. The predicted octanol–water partition coefficient (Wildman–Crippen LogP) is 1.92. The van der Waals surface area contributed by atoms with Gasteiger partial charge in [0.1, 0.15) is 5.82 Å². The molecule has 2 N–H and O–H groups in total. The summed E-state index contributed by atoms with van der Waals surface area (Å²) in [6, 6.07) is -0.540. The van der Waals surface area contributed by atoms with Crippen molar-refractivity contribution in [1.29, 1.82) is 0 Å². The zero-order valence-electron chi connectivity index (χ0n) is 15.1. The van der Waals surface area contributed by atoms with E-state index < -0.39 is 53.1 Å². The minimum absolute atomic E-state index is 0.193. The van der Waals surface area contributed by atoms with Crippen molar-refractivity contribution >= 4 is 11.8 Å². The van der Waals surface area contributed by atoms with Crippen molar-refractivity contribution < 1.29 is 35.9 Å². The van der Waals surface area contributed by atoms with Crippen LogP contribution in [0, 0.1) is 23.9 Å². The summed E-state index contributed by atoms with van der Waals surface area (Å²) in [5.74, 6) is -7.12. The Balaban J connectivity index is 1.72. The van der Waals surface area contributed by atoms with E-state index in [9.17, 15) is 35.9 Å². The number of rotatable bonds is 5. The molecule has 1 aliphatic rings. The highest BCUT2D eigenvalue weighted by Crippen LogP contribution is 2.33. The van der Waals surface area contributed by atoms with Crippen LogP contribution in [0.5, 0.6) is 0 Å². The van der Waals surface area contributed by atoms with Crippen molar-refractivity contribution in [2.45, 2.75) is 31.6 Å². The Labute approximate surface area is 165 Å². The van der Waals surface area contributed by atoms with E-state index in [0.717, 1.165) is 4.90 Å².